The van der Waals surface area contributed by atoms with Crippen molar-refractivity contribution < 1.29 is 9.53 Å². The second-order valence-electron chi connectivity index (χ2n) is 4.48. The number of ether oxygens (including phenoxy) is 1. The smallest absolute Gasteiger partial charge is 0.232 e. The van der Waals surface area contributed by atoms with Crippen LogP contribution in [-0.4, -0.2) is 21.9 Å². The summed E-state index contributed by atoms with van der Waals surface area (Å²) in [6, 6.07) is 9.16. The van der Waals surface area contributed by atoms with Gasteiger partial charge in [-0.2, -0.15) is 0 Å². The summed E-state index contributed by atoms with van der Waals surface area (Å²) >= 11 is 0. The lowest BCUT2D eigenvalue weighted by atomic mass is 10.1. The molecule has 0 N–H and O–H groups in total. The fraction of sp³-hybridized carbons (Fsp3) is 0.267. The number of hydrogen-bond donors (Lipinski definition) is 0. The first-order valence-corrected chi connectivity index (χ1v) is 6.21. The number of carbonyl (C=O) groups is 1. The topological polar surface area (TPSA) is 52.1 Å². The summed E-state index contributed by atoms with van der Waals surface area (Å²) in [6.45, 7) is 3.84. The Balaban J connectivity index is 2.09. The van der Waals surface area contributed by atoms with Gasteiger partial charge in [0.05, 0.1) is 24.4 Å². The van der Waals surface area contributed by atoms with Crippen LogP contribution in [0.25, 0.3) is 0 Å². The molecular weight excluding hydrogens is 240 g/mol. The van der Waals surface area contributed by atoms with Gasteiger partial charge in [-0.3, -0.25) is 9.78 Å². The Morgan fingerprint density at radius 3 is 2.63 bits per heavy atom. The molecule has 4 nitrogen and oxygen atoms in total. The average molecular weight is 256 g/mol. The van der Waals surface area contributed by atoms with E-state index in [1.807, 2.05) is 32.0 Å². The van der Waals surface area contributed by atoms with Crippen LogP contribution in [0.2, 0.25) is 0 Å². The molecule has 0 saturated carbocycles. The van der Waals surface area contributed by atoms with Crippen LogP contribution >= 0.6 is 0 Å². The third kappa shape index (κ3) is 3.88. The van der Waals surface area contributed by atoms with Gasteiger partial charge in [-0.25, -0.2) is 4.98 Å². The monoisotopic (exact) mass is 256 g/mol. The first-order valence-electron chi connectivity index (χ1n) is 6.21. The van der Waals surface area contributed by atoms with E-state index >= 15 is 0 Å². The van der Waals surface area contributed by atoms with Crippen molar-refractivity contribution in [3.05, 3.63) is 54.0 Å². The van der Waals surface area contributed by atoms with Crippen molar-refractivity contribution in [1.82, 2.24) is 9.97 Å². The molecule has 0 aliphatic heterocycles. The maximum atomic E-state index is 12.0. The first-order chi connectivity index (χ1) is 9.15. The van der Waals surface area contributed by atoms with Crippen LogP contribution in [0.15, 0.2) is 42.7 Å². The normalized spacial score (nSPS) is 10.5. The van der Waals surface area contributed by atoms with Crippen molar-refractivity contribution in [2.45, 2.75) is 26.4 Å². The van der Waals surface area contributed by atoms with Crippen LogP contribution in [-0.2, 0) is 6.42 Å². The van der Waals surface area contributed by atoms with Gasteiger partial charge in [-0.1, -0.05) is 30.3 Å². The third-order valence-corrected chi connectivity index (χ3v) is 2.46. The van der Waals surface area contributed by atoms with Gasteiger partial charge >= 0.3 is 0 Å². The van der Waals surface area contributed by atoms with Crippen molar-refractivity contribution in [3.8, 4) is 5.88 Å². The largest absolute Gasteiger partial charge is 0.474 e. The molecule has 0 atom stereocenters. The lowest BCUT2D eigenvalue weighted by molar-refractivity contribution is 0.0991. The highest BCUT2D eigenvalue weighted by atomic mass is 16.5. The van der Waals surface area contributed by atoms with E-state index in [-0.39, 0.29) is 18.3 Å². The number of aromatic nitrogens is 2. The molecule has 0 aliphatic rings. The molecule has 1 aromatic heterocycles. The van der Waals surface area contributed by atoms with E-state index in [1.165, 1.54) is 0 Å². The Labute approximate surface area is 112 Å². The molecule has 0 spiro atoms. The zero-order chi connectivity index (χ0) is 13.7. The van der Waals surface area contributed by atoms with E-state index in [1.54, 1.807) is 24.5 Å². The number of Topliss-reactive ketones (excluding diaryl/α,β-unsaturated/α-hetero) is 1. The molecule has 0 radical (unpaired) electrons. The maximum absolute atomic E-state index is 12.0. The number of hydrogen-bond acceptors (Lipinski definition) is 4. The highest BCUT2D eigenvalue weighted by Crippen LogP contribution is 2.10. The summed E-state index contributed by atoms with van der Waals surface area (Å²) in [6.07, 6.45) is 3.41. The summed E-state index contributed by atoms with van der Waals surface area (Å²) < 4.78 is 5.46. The van der Waals surface area contributed by atoms with Crippen molar-refractivity contribution in [2.75, 3.05) is 0 Å². The van der Waals surface area contributed by atoms with E-state index in [9.17, 15) is 4.79 Å². The van der Waals surface area contributed by atoms with E-state index in [4.69, 9.17) is 4.74 Å². The molecule has 4 heteroatoms. The molecule has 98 valence electrons. The molecule has 0 bridgehead atoms. The quantitative estimate of drug-likeness (QED) is 0.772. The summed E-state index contributed by atoms with van der Waals surface area (Å²) in [7, 11) is 0. The van der Waals surface area contributed by atoms with Crippen LogP contribution in [0.3, 0.4) is 0 Å². The molecule has 2 rings (SSSR count). The van der Waals surface area contributed by atoms with Crippen molar-refractivity contribution >= 4 is 5.78 Å². The standard InChI is InChI=1S/C15H16N2O2/c1-11(2)19-15-10-16-9-13(17-15)8-14(18)12-6-4-3-5-7-12/h3-7,9-11H,8H2,1-2H3. The lowest BCUT2D eigenvalue weighted by Gasteiger charge is -2.08. The Morgan fingerprint density at radius 1 is 1.21 bits per heavy atom. The summed E-state index contributed by atoms with van der Waals surface area (Å²) in [4.78, 5) is 20.4. The van der Waals surface area contributed by atoms with E-state index in [2.05, 4.69) is 9.97 Å². The van der Waals surface area contributed by atoms with Gasteiger partial charge < -0.3 is 4.74 Å². The van der Waals surface area contributed by atoms with Gasteiger partial charge in [0.25, 0.3) is 0 Å². The molecule has 0 unspecified atom stereocenters. The van der Waals surface area contributed by atoms with Gasteiger partial charge in [0.15, 0.2) is 5.78 Å². The lowest BCUT2D eigenvalue weighted by Crippen LogP contribution is -2.10. The number of rotatable bonds is 5. The Morgan fingerprint density at radius 2 is 1.95 bits per heavy atom. The van der Waals surface area contributed by atoms with Crippen LogP contribution in [0.5, 0.6) is 5.88 Å². The van der Waals surface area contributed by atoms with E-state index in [0.717, 1.165) is 0 Å². The second-order valence-corrected chi connectivity index (χ2v) is 4.48. The Kier molecular flexibility index (Phi) is 4.23. The number of benzene rings is 1. The first kappa shape index (κ1) is 13.2. The van der Waals surface area contributed by atoms with Gasteiger partial charge in [0.2, 0.25) is 5.88 Å². The molecule has 1 aromatic carbocycles. The van der Waals surface area contributed by atoms with E-state index in [0.29, 0.717) is 17.1 Å². The minimum atomic E-state index is 0.0246. The molecule has 2 aromatic rings. The molecule has 19 heavy (non-hydrogen) atoms. The summed E-state index contributed by atoms with van der Waals surface area (Å²) in [5, 5.41) is 0. The van der Waals surface area contributed by atoms with Gasteiger partial charge in [-0.05, 0) is 13.8 Å². The fourth-order valence-corrected chi connectivity index (χ4v) is 1.66. The number of ketones is 1. The van der Waals surface area contributed by atoms with Crippen molar-refractivity contribution in [1.29, 1.82) is 0 Å². The minimum absolute atomic E-state index is 0.0246. The molecule has 0 amide bonds. The van der Waals surface area contributed by atoms with Crippen molar-refractivity contribution in [3.63, 3.8) is 0 Å². The number of nitrogens with zero attached hydrogens (tertiary/aromatic N) is 2. The highest BCUT2D eigenvalue weighted by molar-refractivity contribution is 5.97. The maximum Gasteiger partial charge on any atom is 0.232 e. The van der Waals surface area contributed by atoms with Gasteiger partial charge in [0.1, 0.15) is 0 Å². The fourth-order valence-electron chi connectivity index (χ4n) is 1.66. The van der Waals surface area contributed by atoms with E-state index < -0.39 is 0 Å². The molecule has 1 heterocycles. The zero-order valence-electron chi connectivity index (χ0n) is 11.0. The molecule has 0 saturated heterocycles. The summed E-state index contributed by atoms with van der Waals surface area (Å²) in [5.41, 5.74) is 1.30. The molecule has 0 aliphatic carbocycles. The predicted octanol–water partition coefficient (Wildman–Crippen LogP) is 2.69. The highest BCUT2D eigenvalue weighted by Gasteiger charge is 2.09. The van der Waals surface area contributed by atoms with Gasteiger partial charge in [-0.15, -0.1) is 0 Å². The SMILES string of the molecule is CC(C)Oc1cncc(CC(=O)c2ccccc2)n1. The van der Waals surface area contributed by atoms with Gasteiger partial charge in [0, 0.05) is 11.8 Å². The zero-order valence-corrected chi connectivity index (χ0v) is 11.0. The second kappa shape index (κ2) is 6.09. The number of carbonyl (C=O) groups excluding carboxylic acids is 1. The Bertz CT molecular complexity index is 553. The predicted molar refractivity (Wildman–Crippen MR) is 72.3 cm³/mol. The summed E-state index contributed by atoms with van der Waals surface area (Å²) in [5.74, 6) is 0.477. The Hall–Kier alpha value is -2.23. The van der Waals surface area contributed by atoms with Crippen LogP contribution in [0.4, 0.5) is 0 Å². The van der Waals surface area contributed by atoms with Crippen LogP contribution < -0.4 is 4.74 Å². The third-order valence-electron chi connectivity index (χ3n) is 2.46. The van der Waals surface area contributed by atoms with Crippen LogP contribution in [0.1, 0.15) is 29.9 Å². The molecule has 0 fully saturated rings. The van der Waals surface area contributed by atoms with Crippen LogP contribution in [0, 0.1) is 0 Å². The molecular formula is C15H16N2O2. The van der Waals surface area contributed by atoms with Crippen molar-refractivity contribution in [2.24, 2.45) is 0 Å². The average Bonchev–Trinajstić information content (AvgIpc) is 2.39. The minimum Gasteiger partial charge on any atom is -0.474 e.